The fourth-order valence-corrected chi connectivity index (χ4v) is 3.22. The molecule has 1 unspecified atom stereocenters. The predicted molar refractivity (Wildman–Crippen MR) is 89.8 cm³/mol. The van der Waals surface area contributed by atoms with Crippen molar-refractivity contribution in [3.63, 3.8) is 0 Å². The lowest BCUT2D eigenvalue weighted by Crippen LogP contribution is -2.43. The number of hydrogen-bond acceptors (Lipinski definition) is 2. The van der Waals surface area contributed by atoms with Crippen molar-refractivity contribution in [2.45, 2.75) is 45.6 Å². The zero-order chi connectivity index (χ0) is 16.4. The minimum absolute atomic E-state index is 0.0224. The molecule has 1 aromatic rings. The molecule has 124 valence electrons. The lowest BCUT2D eigenvalue weighted by Gasteiger charge is -2.32. The first kappa shape index (κ1) is 16.0. The zero-order valence-corrected chi connectivity index (χ0v) is 14.0. The second-order valence-electron chi connectivity index (χ2n) is 7.01. The molecule has 1 aromatic carbocycles. The normalized spacial score (nSPS) is 20.2. The van der Waals surface area contributed by atoms with Gasteiger partial charge in [-0.25, -0.2) is 0 Å². The molecule has 1 atom stereocenters. The third-order valence-corrected chi connectivity index (χ3v) is 5.04. The number of rotatable bonds is 4. The Morgan fingerprint density at radius 2 is 1.65 bits per heavy atom. The van der Waals surface area contributed by atoms with Gasteiger partial charge in [0.15, 0.2) is 0 Å². The largest absolute Gasteiger partial charge is 0.349 e. The Bertz CT molecular complexity index is 570. The van der Waals surface area contributed by atoms with Crippen molar-refractivity contribution in [3.05, 3.63) is 35.4 Å². The van der Waals surface area contributed by atoms with Crippen LogP contribution in [0.15, 0.2) is 24.3 Å². The van der Waals surface area contributed by atoms with E-state index in [1.165, 1.54) is 5.56 Å². The second-order valence-corrected chi connectivity index (χ2v) is 7.01. The van der Waals surface area contributed by atoms with Crippen LogP contribution in [0.2, 0.25) is 0 Å². The number of aryl methyl sites for hydroxylation is 1. The Kier molecular flexibility index (Phi) is 4.69. The van der Waals surface area contributed by atoms with E-state index in [1.54, 1.807) is 0 Å². The number of likely N-dealkylation sites (tertiary alicyclic amines) is 1. The maximum Gasteiger partial charge on any atom is 0.225 e. The third kappa shape index (κ3) is 3.92. The maximum absolute atomic E-state index is 12.5. The molecule has 1 saturated heterocycles. The Balaban J connectivity index is 1.49. The van der Waals surface area contributed by atoms with Gasteiger partial charge in [0, 0.05) is 24.9 Å². The number of nitrogens with zero attached hydrogens (tertiary/aromatic N) is 1. The highest BCUT2D eigenvalue weighted by Gasteiger charge is 2.36. The van der Waals surface area contributed by atoms with E-state index in [-0.39, 0.29) is 23.8 Å². The molecule has 0 spiro atoms. The predicted octanol–water partition coefficient (Wildman–Crippen LogP) is 2.82. The summed E-state index contributed by atoms with van der Waals surface area (Å²) in [5.41, 5.74) is 2.35. The van der Waals surface area contributed by atoms with Gasteiger partial charge in [-0.15, -0.1) is 0 Å². The van der Waals surface area contributed by atoms with E-state index < -0.39 is 0 Å². The van der Waals surface area contributed by atoms with Gasteiger partial charge in [0.05, 0.1) is 6.04 Å². The standard InChI is InChI=1S/C19H26N2O2/c1-13-3-5-15(6-4-13)14(2)20-18(22)16-9-11-21(12-10-16)19(23)17-7-8-17/h3-6,14,16-17H,7-12H2,1-2H3,(H,20,22). The van der Waals surface area contributed by atoms with Crippen molar-refractivity contribution >= 4 is 11.8 Å². The van der Waals surface area contributed by atoms with Gasteiger partial charge in [-0.3, -0.25) is 9.59 Å². The summed E-state index contributed by atoms with van der Waals surface area (Å²) >= 11 is 0. The molecular formula is C19H26N2O2. The maximum atomic E-state index is 12.5. The van der Waals surface area contributed by atoms with Crippen LogP contribution in [0.25, 0.3) is 0 Å². The highest BCUT2D eigenvalue weighted by Crippen LogP contribution is 2.32. The van der Waals surface area contributed by atoms with Crippen LogP contribution in [-0.2, 0) is 9.59 Å². The fourth-order valence-electron chi connectivity index (χ4n) is 3.22. The number of piperidine rings is 1. The summed E-state index contributed by atoms with van der Waals surface area (Å²) in [7, 11) is 0. The number of hydrogen-bond donors (Lipinski definition) is 1. The van der Waals surface area contributed by atoms with Crippen LogP contribution in [0.3, 0.4) is 0 Å². The van der Waals surface area contributed by atoms with Gasteiger partial charge < -0.3 is 10.2 Å². The summed E-state index contributed by atoms with van der Waals surface area (Å²) in [6, 6.07) is 8.29. The van der Waals surface area contributed by atoms with Crippen LogP contribution in [0, 0.1) is 18.8 Å². The minimum Gasteiger partial charge on any atom is -0.349 e. The molecule has 4 nitrogen and oxygen atoms in total. The van der Waals surface area contributed by atoms with Gasteiger partial charge in [0.2, 0.25) is 11.8 Å². The van der Waals surface area contributed by atoms with Gasteiger partial charge in [-0.1, -0.05) is 29.8 Å². The van der Waals surface area contributed by atoms with E-state index in [0.717, 1.165) is 44.3 Å². The van der Waals surface area contributed by atoms with Gasteiger partial charge in [-0.05, 0) is 45.1 Å². The first-order chi connectivity index (χ1) is 11.0. The van der Waals surface area contributed by atoms with E-state index in [0.29, 0.717) is 5.91 Å². The molecule has 0 bridgehead atoms. The Morgan fingerprint density at radius 1 is 1.04 bits per heavy atom. The van der Waals surface area contributed by atoms with Crippen molar-refractivity contribution in [2.24, 2.45) is 11.8 Å². The van der Waals surface area contributed by atoms with Gasteiger partial charge in [-0.2, -0.15) is 0 Å². The molecule has 1 aliphatic heterocycles. The first-order valence-corrected chi connectivity index (χ1v) is 8.70. The summed E-state index contributed by atoms with van der Waals surface area (Å²) in [5.74, 6) is 0.738. The molecule has 2 amide bonds. The van der Waals surface area contributed by atoms with E-state index in [2.05, 4.69) is 36.5 Å². The molecule has 1 N–H and O–H groups in total. The summed E-state index contributed by atoms with van der Waals surface area (Å²) in [4.78, 5) is 26.5. The van der Waals surface area contributed by atoms with E-state index in [4.69, 9.17) is 0 Å². The number of nitrogens with one attached hydrogen (secondary N) is 1. The van der Waals surface area contributed by atoms with Crippen LogP contribution in [0.4, 0.5) is 0 Å². The summed E-state index contributed by atoms with van der Waals surface area (Å²) in [5, 5.41) is 3.12. The third-order valence-electron chi connectivity index (χ3n) is 5.04. The van der Waals surface area contributed by atoms with Crippen molar-refractivity contribution in [1.29, 1.82) is 0 Å². The number of amides is 2. The highest BCUT2D eigenvalue weighted by molar-refractivity contribution is 5.82. The number of carbonyl (C=O) groups is 2. The van der Waals surface area contributed by atoms with Crippen LogP contribution in [-0.4, -0.2) is 29.8 Å². The second kappa shape index (κ2) is 6.73. The molecule has 2 fully saturated rings. The quantitative estimate of drug-likeness (QED) is 0.929. The molecule has 3 rings (SSSR count). The fraction of sp³-hybridized carbons (Fsp3) is 0.579. The Labute approximate surface area is 138 Å². The summed E-state index contributed by atoms with van der Waals surface area (Å²) in [6.45, 7) is 5.54. The van der Waals surface area contributed by atoms with Crippen LogP contribution < -0.4 is 5.32 Å². The molecule has 23 heavy (non-hydrogen) atoms. The number of carbonyl (C=O) groups excluding carboxylic acids is 2. The van der Waals surface area contributed by atoms with Crippen molar-refractivity contribution in [3.8, 4) is 0 Å². The monoisotopic (exact) mass is 314 g/mol. The molecule has 0 radical (unpaired) electrons. The molecule has 0 aromatic heterocycles. The van der Waals surface area contributed by atoms with E-state index >= 15 is 0 Å². The van der Waals surface area contributed by atoms with Crippen LogP contribution >= 0.6 is 0 Å². The van der Waals surface area contributed by atoms with E-state index in [9.17, 15) is 9.59 Å². The Morgan fingerprint density at radius 3 is 2.22 bits per heavy atom. The Hall–Kier alpha value is -1.84. The molecule has 2 aliphatic rings. The van der Waals surface area contributed by atoms with Crippen LogP contribution in [0.5, 0.6) is 0 Å². The highest BCUT2D eigenvalue weighted by atomic mass is 16.2. The first-order valence-electron chi connectivity index (χ1n) is 8.70. The number of benzene rings is 1. The topological polar surface area (TPSA) is 49.4 Å². The lowest BCUT2D eigenvalue weighted by molar-refractivity contribution is -0.136. The van der Waals surface area contributed by atoms with Crippen molar-refractivity contribution < 1.29 is 9.59 Å². The lowest BCUT2D eigenvalue weighted by atomic mass is 9.95. The summed E-state index contributed by atoms with van der Waals surface area (Å²) in [6.07, 6.45) is 3.66. The average Bonchev–Trinajstić information content (AvgIpc) is 3.40. The zero-order valence-electron chi connectivity index (χ0n) is 14.0. The molecule has 1 saturated carbocycles. The smallest absolute Gasteiger partial charge is 0.225 e. The van der Waals surface area contributed by atoms with Crippen LogP contribution in [0.1, 0.15) is 49.8 Å². The molecule has 4 heteroatoms. The molecular weight excluding hydrogens is 288 g/mol. The van der Waals surface area contributed by atoms with E-state index in [1.807, 2.05) is 11.8 Å². The van der Waals surface area contributed by atoms with Crippen molar-refractivity contribution in [2.75, 3.05) is 13.1 Å². The van der Waals surface area contributed by atoms with Gasteiger partial charge >= 0.3 is 0 Å². The van der Waals surface area contributed by atoms with Gasteiger partial charge in [0.25, 0.3) is 0 Å². The summed E-state index contributed by atoms with van der Waals surface area (Å²) < 4.78 is 0. The van der Waals surface area contributed by atoms with Gasteiger partial charge in [0.1, 0.15) is 0 Å². The SMILES string of the molecule is Cc1ccc(C(C)NC(=O)C2CCN(C(=O)C3CC3)CC2)cc1. The minimum atomic E-state index is 0.0224. The molecule has 1 aliphatic carbocycles. The molecule has 1 heterocycles. The van der Waals surface area contributed by atoms with Crippen molar-refractivity contribution in [1.82, 2.24) is 10.2 Å². The average molecular weight is 314 g/mol.